The van der Waals surface area contributed by atoms with E-state index in [0.29, 0.717) is 24.8 Å². The number of nitrogens with two attached hydrogens (primary N) is 3. The lowest BCUT2D eigenvalue weighted by molar-refractivity contribution is -0.119. The van der Waals surface area contributed by atoms with Crippen LogP contribution in [0.5, 0.6) is 5.75 Å². The standard InChI is InChI=1S/C16H24FN3O3/c1-10-7-11(3-2-4-14(19)21)16(17)13(8-10)23-9-12(18)5-6-15(20)22/h7-8,12H,2-6,9,18H2,1H3,(H2,19,21)(H2,20,22). The van der Waals surface area contributed by atoms with E-state index in [4.69, 9.17) is 21.9 Å². The highest BCUT2D eigenvalue weighted by Crippen LogP contribution is 2.24. The monoisotopic (exact) mass is 325 g/mol. The summed E-state index contributed by atoms with van der Waals surface area (Å²) in [6.45, 7) is 1.92. The Morgan fingerprint density at radius 1 is 1.22 bits per heavy atom. The third kappa shape index (κ3) is 7.10. The minimum Gasteiger partial charge on any atom is -0.489 e. The van der Waals surface area contributed by atoms with E-state index in [1.165, 1.54) is 0 Å². The molecule has 128 valence electrons. The third-order valence-corrected chi connectivity index (χ3v) is 3.34. The molecule has 0 saturated heterocycles. The lowest BCUT2D eigenvalue weighted by Crippen LogP contribution is -2.29. The van der Waals surface area contributed by atoms with Crippen LogP contribution >= 0.6 is 0 Å². The van der Waals surface area contributed by atoms with Crippen molar-refractivity contribution in [2.75, 3.05) is 6.61 Å². The molecule has 0 aliphatic rings. The molecule has 0 aromatic heterocycles. The van der Waals surface area contributed by atoms with Crippen molar-refractivity contribution in [3.8, 4) is 5.75 Å². The zero-order valence-electron chi connectivity index (χ0n) is 13.3. The first kappa shape index (κ1) is 18.9. The minimum atomic E-state index is -0.456. The lowest BCUT2D eigenvalue weighted by Gasteiger charge is -2.15. The maximum absolute atomic E-state index is 14.4. The van der Waals surface area contributed by atoms with Crippen molar-refractivity contribution in [1.29, 1.82) is 0 Å². The van der Waals surface area contributed by atoms with Gasteiger partial charge in [-0.05, 0) is 43.4 Å². The van der Waals surface area contributed by atoms with Crippen LogP contribution in [-0.2, 0) is 16.0 Å². The number of halogens is 1. The van der Waals surface area contributed by atoms with Crippen LogP contribution in [0.3, 0.4) is 0 Å². The Hall–Kier alpha value is -2.15. The molecular weight excluding hydrogens is 301 g/mol. The molecule has 2 amide bonds. The fourth-order valence-corrected chi connectivity index (χ4v) is 2.16. The molecule has 1 aromatic carbocycles. The average Bonchev–Trinajstić information content (AvgIpc) is 2.46. The van der Waals surface area contributed by atoms with Gasteiger partial charge in [0.25, 0.3) is 0 Å². The normalized spacial score (nSPS) is 12.0. The molecule has 0 radical (unpaired) electrons. The fourth-order valence-electron chi connectivity index (χ4n) is 2.16. The van der Waals surface area contributed by atoms with Gasteiger partial charge in [-0.25, -0.2) is 4.39 Å². The summed E-state index contributed by atoms with van der Waals surface area (Å²) in [6.07, 6.45) is 1.64. The first-order chi connectivity index (χ1) is 10.8. The Balaban J connectivity index is 2.65. The second-order valence-corrected chi connectivity index (χ2v) is 5.63. The lowest BCUT2D eigenvalue weighted by atomic mass is 10.0. The Morgan fingerprint density at radius 3 is 2.48 bits per heavy atom. The van der Waals surface area contributed by atoms with Gasteiger partial charge in [-0.1, -0.05) is 6.07 Å². The van der Waals surface area contributed by atoms with E-state index < -0.39 is 23.7 Å². The van der Waals surface area contributed by atoms with E-state index in [-0.39, 0.29) is 25.2 Å². The predicted octanol–water partition coefficient (Wildman–Crippen LogP) is 0.914. The summed E-state index contributed by atoms with van der Waals surface area (Å²) in [5.74, 6) is -1.18. The number of benzene rings is 1. The van der Waals surface area contributed by atoms with Crippen molar-refractivity contribution in [1.82, 2.24) is 0 Å². The molecule has 0 bridgehead atoms. The van der Waals surface area contributed by atoms with Gasteiger partial charge < -0.3 is 21.9 Å². The second-order valence-electron chi connectivity index (χ2n) is 5.63. The number of amides is 2. The fraction of sp³-hybridized carbons (Fsp3) is 0.500. The summed E-state index contributed by atoms with van der Waals surface area (Å²) < 4.78 is 19.8. The van der Waals surface area contributed by atoms with Crippen molar-refractivity contribution < 1.29 is 18.7 Å². The first-order valence-electron chi connectivity index (χ1n) is 7.53. The van der Waals surface area contributed by atoms with E-state index in [1.807, 2.05) is 6.92 Å². The van der Waals surface area contributed by atoms with Crippen LogP contribution < -0.4 is 21.9 Å². The third-order valence-electron chi connectivity index (χ3n) is 3.34. The van der Waals surface area contributed by atoms with Gasteiger partial charge in [0.05, 0.1) is 0 Å². The number of primary amides is 2. The number of carbonyl (C=O) groups excluding carboxylic acids is 2. The molecule has 0 spiro atoms. The van der Waals surface area contributed by atoms with Gasteiger partial charge in [-0.15, -0.1) is 0 Å². The van der Waals surface area contributed by atoms with Gasteiger partial charge in [0.1, 0.15) is 6.61 Å². The van der Waals surface area contributed by atoms with E-state index >= 15 is 0 Å². The summed E-state index contributed by atoms with van der Waals surface area (Å²) >= 11 is 0. The SMILES string of the molecule is Cc1cc(CCCC(N)=O)c(F)c(OCC(N)CCC(N)=O)c1. The highest BCUT2D eigenvalue weighted by molar-refractivity contribution is 5.74. The predicted molar refractivity (Wildman–Crippen MR) is 85.2 cm³/mol. The smallest absolute Gasteiger partial charge is 0.217 e. The van der Waals surface area contributed by atoms with E-state index in [9.17, 15) is 14.0 Å². The number of rotatable bonds is 10. The number of ether oxygens (including phenoxy) is 1. The van der Waals surface area contributed by atoms with Crippen LogP contribution in [0.1, 0.15) is 36.8 Å². The summed E-state index contributed by atoms with van der Waals surface area (Å²) in [6, 6.07) is 2.91. The quantitative estimate of drug-likeness (QED) is 0.592. The highest BCUT2D eigenvalue weighted by Gasteiger charge is 2.13. The van der Waals surface area contributed by atoms with Crippen LogP contribution in [-0.4, -0.2) is 24.5 Å². The Labute approximate surface area is 135 Å². The minimum absolute atomic E-state index is 0.0916. The summed E-state index contributed by atoms with van der Waals surface area (Å²) in [5, 5.41) is 0. The van der Waals surface area contributed by atoms with Crippen molar-refractivity contribution in [3.05, 3.63) is 29.1 Å². The van der Waals surface area contributed by atoms with Gasteiger partial charge in [-0.3, -0.25) is 9.59 Å². The molecule has 6 nitrogen and oxygen atoms in total. The topological polar surface area (TPSA) is 121 Å². The summed E-state index contributed by atoms with van der Waals surface area (Å²) in [5.41, 5.74) is 17.3. The Bertz CT molecular complexity index is 564. The number of carbonyl (C=O) groups is 2. The molecular formula is C16H24FN3O3. The van der Waals surface area contributed by atoms with Gasteiger partial charge in [0, 0.05) is 18.9 Å². The molecule has 0 aliphatic heterocycles. The first-order valence-corrected chi connectivity index (χ1v) is 7.53. The molecule has 1 atom stereocenters. The second kappa shape index (κ2) is 9.09. The van der Waals surface area contributed by atoms with Crippen LogP contribution in [0, 0.1) is 12.7 Å². The van der Waals surface area contributed by atoms with Gasteiger partial charge in [-0.2, -0.15) is 0 Å². The van der Waals surface area contributed by atoms with E-state index in [2.05, 4.69) is 0 Å². The molecule has 0 aliphatic carbocycles. The highest BCUT2D eigenvalue weighted by atomic mass is 19.1. The van der Waals surface area contributed by atoms with Gasteiger partial charge in [0.15, 0.2) is 11.6 Å². The van der Waals surface area contributed by atoms with E-state index in [0.717, 1.165) is 5.56 Å². The Morgan fingerprint density at radius 2 is 1.87 bits per heavy atom. The molecule has 1 unspecified atom stereocenters. The van der Waals surface area contributed by atoms with Crippen molar-refractivity contribution in [2.24, 2.45) is 17.2 Å². The zero-order chi connectivity index (χ0) is 17.4. The largest absolute Gasteiger partial charge is 0.489 e. The number of hydrogen-bond acceptors (Lipinski definition) is 4. The van der Waals surface area contributed by atoms with Crippen molar-refractivity contribution in [3.63, 3.8) is 0 Å². The van der Waals surface area contributed by atoms with Crippen LogP contribution in [0.25, 0.3) is 0 Å². The molecule has 7 heteroatoms. The molecule has 0 fully saturated rings. The number of hydrogen-bond donors (Lipinski definition) is 3. The van der Waals surface area contributed by atoms with Crippen LogP contribution in [0.15, 0.2) is 12.1 Å². The molecule has 6 N–H and O–H groups in total. The van der Waals surface area contributed by atoms with Gasteiger partial charge >= 0.3 is 0 Å². The van der Waals surface area contributed by atoms with E-state index in [1.54, 1.807) is 12.1 Å². The van der Waals surface area contributed by atoms with Crippen LogP contribution in [0.4, 0.5) is 4.39 Å². The molecule has 0 saturated carbocycles. The maximum atomic E-state index is 14.4. The molecule has 1 rings (SSSR count). The Kier molecular flexibility index (Phi) is 7.47. The molecule has 23 heavy (non-hydrogen) atoms. The maximum Gasteiger partial charge on any atom is 0.217 e. The number of aryl methyl sites for hydroxylation is 2. The zero-order valence-corrected chi connectivity index (χ0v) is 13.3. The molecule has 1 aromatic rings. The summed E-state index contributed by atoms with van der Waals surface area (Å²) in [4.78, 5) is 21.5. The van der Waals surface area contributed by atoms with Gasteiger partial charge in [0.2, 0.25) is 11.8 Å². The van der Waals surface area contributed by atoms with Crippen LogP contribution in [0.2, 0.25) is 0 Å². The average molecular weight is 325 g/mol. The molecule has 0 heterocycles. The van der Waals surface area contributed by atoms with Crippen molar-refractivity contribution >= 4 is 11.8 Å². The van der Waals surface area contributed by atoms with Crippen molar-refractivity contribution in [2.45, 2.75) is 45.1 Å². The summed E-state index contributed by atoms with van der Waals surface area (Å²) in [7, 11) is 0.